The number of ether oxygens (including phenoxy) is 1. The van der Waals surface area contributed by atoms with E-state index in [0.29, 0.717) is 18.7 Å². The van der Waals surface area contributed by atoms with Crippen LogP contribution in [0.5, 0.6) is 5.75 Å². The maximum Gasteiger partial charge on any atom is 0.311 e. The van der Waals surface area contributed by atoms with E-state index in [0.717, 1.165) is 41.1 Å². The maximum atomic E-state index is 12.0. The Morgan fingerprint density at radius 1 is 1.00 bits per heavy atom. The third-order valence-electron chi connectivity index (χ3n) is 3.83. The van der Waals surface area contributed by atoms with E-state index in [9.17, 15) is 4.79 Å². The molecule has 0 aliphatic carbocycles. The van der Waals surface area contributed by atoms with Gasteiger partial charge in [0.05, 0.1) is 11.0 Å². The number of para-hydroxylation sites is 1. The predicted molar refractivity (Wildman–Crippen MR) is 92.4 cm³/mol. The highest BCUT2D eigenvalue weighted by Gasteiger charge is 2.09. The van der Waals surface area contributed by atoms with Gasteiger partial charge in [-0.2, -0.15) is 0 Å². The first-order chi connectivity index (χ1) is 11.3. The van der Waals surface area contributed by atoms with Crippen LogP contribution in [-0.2, 0) is 4.79 Å². The Labute approximate surface area is 135 Å². The van der Waals surface area contributed by atoms with Crippen molar-refractivity contribution >= 4 is 27.8 Å². The van der Waals surface area contributed by atoms with Crippen molar-refractivity contribution in [3.63, 3.8) is 0 Å². The molecule has 0 spiro atoms. The molecule has 0 saturated carbocycles. The zero-order valence-electron chi connectivity index (χ0n) is 13.0. The summed E-state index contributed by atoms with van der Waals surface area (Å²) < 4.78 is 5.55. The molecule has 0 bridgehead atoms. The molecule has 3 rings (SSSR count). The molecule has 0 saturated heterocycles. The molecule has 2 N–H and O–H groups in total. The van der Waals surface area contributed by atoms with Crippen molar-refractivity contribution in [1.29, 1.82) is 0 Å². The molecule has 1 aromatic heterocycles. The number of carbonyl (C=O) groups is 1. The number of rotatable bonds is 6. The molecule has 4 nitrogen and oxygen atoms in total. The minimum absolute atomic E-state index is 0.206. The molecule has 118 valence electrons. The quantitative estimate of drug-likeness (QED) is 0.325. The predicted octanol–water partition coefficient (Wildman–Crippen LogP) is 3.81. The Morgan fingerprint density at radius 3 is 2.70 bits per heavy atom. The van der Waals surface area contributed by atoms with Crippen LogP contribution in [0.4, 0.5) is 0 Å². The molecule has 3 aromatic rings. The third-order valence-corrected chi connectivity index (χ3v) is 3.83. The zero-order valence-corrected chi connectivity index (χ0v) is 13.0. The van der Waals surface area contributed by atoms with Crippen LogP contribution >= 0.6 is 0 Å². The lowest BCUT2D eigenvalue weighted by Crippen LogP contribution is -2.08. The molecular formula is C19H20N2O2. The van der Waals surface area contributed by atoms with Gasteiger partial charge in [0, 0.05) is 17.2 Å². The summed E-state index contributed by atoms with van der Waals surface area (Å²) in [5.41, 5.74) is 7.22. The Balaban J connectivity index is 1.83. The second kappa shape index (κ2) is 7.20. The van der Waals surface area contributed by atoms with Crippen LogP contribution in [-0.4, -0.2) is 17.5 Å². The number of pyridine rings is 1. The lowest BCUT2D eigenvalue weighted by atomic mass is 10.1. The summed E-state index contributed by atoms with van der Waals surface area (Å²) in [4.78, 5) is 16.6. The lowest BCUT2D eigenvalue weighted by molar-refractivity contribution is -0.134. The number of esters is 1. The van der Waals surface area contributed by atoms with E-state index in [1.807, 2.05) is 48.5 Å². The molecule has 0 radical (unpaired) electrons. The van der Waals surface area contributed by atoms with Gasteiger partial charge in [-0.25, -0.2) is 4.98 Å². The smallest absolute Gasteiger partial charge is 0.311 e. The average Bonchev–Trinajstić information content (AvgIpc) is 2.57. The van der Waals surface area contributed by atoms with Crippen LogP contribution in [0.1, 0.15) is 25.7 Å². The molecule has 0 unspecified atom stereocenters. The second-order valence-electron chi connectivity index (χ2n) is 5.58. The van der Waals surface area contributed by atoms with Crippen LogP contribution in [0.3, 0.4) is 0 Å². The maximum absolute atomic E-state index is 12.0. The van der Waals surface area contributed by atoms with Crippen molar-refractivity contribution in [2.45, 2.75) is 25.7 Å². The van der Waals surface area contributed by atoms with Crippen molar-refractivity contribution in [3.8, 4) is 5.75 Å². The van der Waals surface area contributed by atoms with Gasteiger partial charge in [-0.05, 0) is 43.7 Å². The number of nitrogens with two attached hydrogens (primary N) is 1. The van der Waals surface area contributed by atoms with Gasteiger partial charge in [-0.1, -0.05) is 30.7 Å². The minimum atomic E-state index is -0.206. The Hall–Kier alpha value is -2.46. The molecule has 1 heterocycles. The second-order valence-corrected chi connectivity index (χ2v) is 5.58. The van der Waals surface area contributed by atoms with Gasteiger partial charge in [-0.15, -0.1) is 0 Å². The average molecular weight is 308 g/mol. The van der Waals surface area contributed by atoms with Gasteiger partial charge in [0.25, 0.3) is 0 Å². The summed E-state index contributed by atoms with van der Waals surface area (Å²) >= 11 is 0. The number of unbranched alkanes of at least 4 members (excludes halogenated alkanes) is 2. The fraction of sp³-hybridized carbons (Fsp3) is 0.263. The summed E-state index contributed by atoms with van der Waals surface area (Å²) in [7, 11) is 0. The number of hydrogen-bond acceptors (Lipinski definition) is 4. The van der Waals surface area contributed by atoms with Crippen LogP contribution in [0.15, 0.2) is 48.5 Å². The van der Waals surface area contributed by atoms with E-state index in [4.69, 9.17) is 10.5 Å². The Bertz CT molecular complexity index is 830. The first kappa shape index (κ1) is 15.4. The fourth-order valence-electron chi connectivity index (χ4n) is 2.62. The highest BCUT2D eigenvalue weighted by molar-refractivity contribution is 5.96. The van der Waals surface area contributed by atoms with E-state index < -0.39 is 0 Å². The number of aromatic nitrogens is 1. The SMILES string of the molecule is NCCCCCC(=O)Oc1cccc2nc3ccccc3cc12. The lowest BCUT2D eigenvalue weighted by Gasteiger charge is -2.08. The van der Waals surface area contributed by atoms with E-state index in [2.05, 4.69) is 4.98 Å². The molecule has 0 fully saturated rings. The zero-order chi connectivity index (χ0) is 16.1. The number of nitrogens with zero attached hydrogens (tertiary/aromatic N) is 1. The molecule has 0 aliphatic rings. The van der Waals surface area contributed by atoms with Crippen molar-refractivity contribution in [2.75, 3.05) is 6.54 Å². The molecular weight excluding hydrogens is 288 g/mol. The topological polar surface area (TPSA) is 65.2 Å². The first-order valence-corrected chi connectivity index (χ1v) is 7.97. The minimum Gasteiger partial charge on any atom is -0.426 e. The highest BCUT2D eigenvalue weighted by Crippen LogP contribution is 2.28. The number of fused-ring (bicyclic) bond motifs is 2. The van der Waals surface area contributed by atoms with Crippen LogP contribution in [0.25, 0.3) is 21.8 Å². The number of benzene rings is 2. The van der Waals surface area contributed by atoms with Crippen molar-refractivity contribution in [3.05, 3.63) is 48.5 Å². The van der Waals surface area contributed by atoms with E-state index in [1.165, 1.54) is 0 Å². The summed E-state index contributed by atoms with van der Waals surface area (Å²) in [6, 6.07) is 15.6. The molecule has 23 heavy (non-hydrogen) atoms. The summed E-state index contributed by atoms with van der Waals surface area (Å²) in [5.74, 6) is 0.368. The highest BCUT2D eigenvalue weighted by atomic mass is 16.5. The standard InChI is InChI=1S/C19H20N2O2/c20-12-5-1-2-11-19(22)23-18-10-6-9-17-15(18)13-14-7-3-4-8-16(14)21-17/h3-4,6-10,13H,1-2,5,11-12,20H2. The van der Waals surface area contributed by atoms with Crippen LogP contribution in [0, 0.1) is 0 Å². The van der Waals surface area contributed by atoms with Gasteiger partial charge in [0.15, 0.2) is 0 Å². The fourth-order valence-corrected chi connectivity index (χ4v) is 2.62. The monoisotopic (exact) mass is 308 g/mol. The van der Waals surface area contributed by atoms with Gasteiger partial charge in [0.2, 0.25) is 0 Å². The molecule has 2 aromatic carbocycles. The summed E-state index contributed by atoms with van der Waals surface area (Å²) in [6.45, 7) is 0.664. The summed E-state index contributed by atoms with van der Waals surface area (Å²) in [6.07, 6.45) is 3.12. The third kappa shape index (κ3) is 3.66. The summed E-state index contributed by atoms with van der Waals surface area (Å²) in [5, 5.41) is 1.90. The van der Waals surface area contributed by atoms with Gasteiger partial charge < -0.3 is 10.5 Å². The first-order valence-electron chi connectivity index (χ1n) is 7.97. The van der Waals surface area contributed by atoms with Gasteiger partial charge in [0.1, 0.15) is 5.75 Å². The Morgan fingerprint density at radius 2 is 1.83 bits per heavy atom. The van der Waals surface area contributed by atoms with Crippen molar-refractivity contribution in [1.82, 2.24) is 4.98 Å². The van der Waals surface area contributed by atoms with E-state index in [-0.39, 0.29) is 5.97 Å². The number of carbonyl (C=O) groups excluding carboxylic acids is 1. The van der Waals surface area contributed by atoms with E-state index >= 15 is 0 Å². The van der Waals surface area contributed by atoms with Crippen LogP contribution < -0.4 is 10.5 Å². The molecule has 0 amide bonds. The van der Waals surface area contributed by atoms with Gasteiger partial charge in [-0.3, -0.25) is 4.79 Å². The van der Waals surface area contributed by atoms with Crippen molar-refractivity contribution < 1.29 is 9.53 Å². The number of hydrogen-bond donors (Lipinski definition) is 1. The van der Waals surface area contributed by atoms with E-state index in [1.54, 1.807) is 0 Å². The van der Waals surface area contributed by atoms with Crippen molar-refractivity contribution in [2.24, 2.45) is 5.73 Å². The normalized spacial score (nSPS) is 11.0. The molecule has 0 atom stereocenters. The molecule has 4 heteroatoms. The van der Waals surface area contributed by atoms with Gasteiger partial charge >= 0.3 is 5.97 Å². The van der Waals surface area contributed by atoms with Crippen LogP contribution in [0.2, 0.25) is 0 Å². The molecule has 0 aliphatic heterocycles. The largest absolute Gasteiger partial charge is 0.426 e. The Kier molecular flexibility index (Phi) is 4.83.